The Morgan fingerprint density at radius 2 is 2.04 bits per heavy atom. The zero-order chi connectivity index (χ0) is 19.8. The smallest absolute Gasteiger partial charge is 0.245 e. The predicted molar refractivity (Wildman–Crippen MR) is 111 cm³/mol. The lowest BCUT2D eigenvalue weighted by Crippen LogP contribution is -2.50. The molecule has 150 valence electrons. The SMILES string of the molecule is COCCN(Cc1cccs1)C(=O)C1CCCCC(=O)N1Cc1ccccc1. The fourth-order valence-electron chi connectivity index (χ4n) is 3.59. The van der Waals surface area contributed by atoms with E-state index in [0.29, 0.717) is 39.1 Å². The van der Waals surface area contributed by atoms with E-state index in [1.807, 2.05) is 52.7 Å². The van der Waals surface area contributed by atoms with Crippen LogP contribution in [0.25, 0.3) is 0 Å². The minimum absolute atomic E-state index is 0.0247. The minimum Gasteiger partial charge on any atom is -0.383 e. The fourth-order valence-corrected chi connectivity index (χ4v) is 4.31. The van der Waals surface area contributed by atoms with Gasteiger partial charge in [-0.2, -0.15) is 0 Å². The molecule has 1 saturated heterocycles. The molecule has 6 heteroatoms. The molecule has 0 spiro atoms. The number of hydrogen-bond donors (Lipinski definition) is 0. The number of carbonyl (C=O) groups excluding carboxylic acids is 2. The Morgan fingerprint density at radius 1 is 1.21 bits per heavy atom. The summed E-state index contributed by atoms with van der Waals surface area (Å²) >= 11 is 1.64. The molecule has 3 rings (SSSR count). The Morgan fingerprint density at radius 3 is 2.75 bits per heavy atom. The maximum Gasteiger partial charge on any atom is 0.245 e. The average Bonchev–Trinajstić information content (AvgIpc) is 3.16. The van der Waals surface area contributed by atoms with E-state index < -0.39 is 6.04 Å². The van der Waals surface area contributed by atoms with Crippen LogP contribution in [-0.2, 0) is 27.4 Å². The molecule has 1 aromatic heterocycles. The Bertz CT molecular complexity index is 748. The van der Waals surface area contributed by atoms with Crippen LogP contribution in [0.1, 0.15) is 36.1 Å². The van der Waals surface area contributed by atoms with Gasteiger partial charge in [-0.3, -0.25) is 9.59 Å². The van der Waals surface area contributed by atoms with E-state index in [-0.39, 0.29) is 11.8 Å². The fraction of sp³-hybridized carbons (Fsp3) is 0.455. The van der Waals surface area contributed by atoms with Gasteiger partial charge in [-0.1, -0.05) is 42.8 Å². The lowest BCUT2D eigenvalue weighted by molar-refractivity contribution is -0.146. The second-order valence-corrected chi connectivity index (χ2v) is 8.13. The molecule has 1 aliphatic heterocycles. The highest BCUT2D eigenvalue weighted by atomic mass is 32.1. The standard InChI is InChI=1S/C22H28N2O3S/c1-27-14-13-23(17-19-10-7-15-28-19)22(26)20-11-5-6-12-21(25)24(20)16-18-8-3-2-4-9-18/h2-4,7-10,15,20H,5-6,11-14,16-17H2,1H3. The van der Waals surface area contributed by atoms with Gasteiger partial charge in [0.2, 0.25) is 11.8 Å². The van der Waals surface area contributed by atoms with Gasteiger partial charge < -0.3 is 14.5 Å². The number of thiophene rings is 1. The highest BCUT2D eigenvalue weighted by Gasteiger charge is 2.34. The van der Waals surface area contributed by atoms with Crippen molar-refractivity contribution in [2.75, 3.05) is 20.3 Å². The third-order valence-electron chi connectivity index (χ3n) is 5.10. The normalized spacial score (nSPS) is 17.4. The minimum atomic E-state index is -0.410. The number of likely N-dealkylation sites (tertiary alicyclic amines) is 1. The van der Waals surface area contributed by atoms with Crippen LogP contribution >= 0.6 is 11.3 Å². The summed E-state index contributed by atoms with van der Waals surface area (Å²) in [6.07, 6.45) is 2.96. The van der Waals surface area contributed by atoms with Gasteiger partial charge in [-0.05, 0) is 29.9 Å². The number of ether oxygens (including phenoxy) is 1. The maximum absolute atomic E-state index is 13.5. The summed E-state index contributed by atoms with van der Waals surface area (Å²) in [6, 6.07) is 13.5. The summed E-state index contributed by atoms with van der Waals surface area (Å²) in [7, 11) is 1.64. The molecule has 1 aliphatic rings. The van der Waals surface area contributed by atoms with Crippen LogP contribution in [0.15, 0.2) is 47.8 Å². The Labute approximate surface area is 170 Å². The van der Waals surface area contributed by atoms with Crippen LogP contribution in [0.2, 0.25) is 0 Å². The molecule has 0 N–H and O–H groups in total. The first-order valence-electron chi connectivity index (χ1n) is 9.82. The van der Waals surface area contributed by atoms with Gasteiger partial charge in [-0.15, -0.1) is 11.3 Å². The van der Waals surface area contributed by atoms with Gasteiger partial charge in [0.1, 0.15) is 6.04 Å². The van der Waals surface area contributed by atoms with Crippen molar-refractivity contribution in [3.8, 4) is 0 Å². The molecule has 0 radical (unpaired) electrons. The first-order valence-corrected chi connectivity index (χ1v) is 10.7. The third-order valence-corrected chi connectivity index (χ3v) is 5.96. The van der Waals surface area contributed by atoms with Gasteiger partial charge in [0.05, 0.1) is 13.2 Å². The first-order chi connectivity index (χ1) is 13.7. The van der Waals surface area contributed by atoms with Crippen molar-refractivity contribution in [3.63, 3.8) is 0 Å². The average molecular weight is 401 g/mol. The molecule has 0 bridgehead atoms. The molecule has 1 aromatic carbocycles. The molecule has 1 fully saturated rings. The van der Waals surface area contributed by atoms with E-state index in [0.717, 1.165) is 23.3 Å². The van der Waals surface area contributed by atoms with Crippen molar-refractivity contribution in [1.29, 1.82) is 0 Å². The number of hydrogen-bond acceptors (Lipinski definition) is 4. The summed E-state index contributed by atoms with van der Waals surface area (Å²) in [6.45, 7) is 2.05. The highest BCUT2D eigenvalue weighted by molar-refractivity contribution is 7.09. The molecule has 2 heterocycles. The van der Waals surface area contributed by atoms with Gasteiger partial charge in [0.15, 0.2) is 0 Å². The van der Waals surface area contributed by atoms with Gasteiger partial charge in [0, 0.05) is 31.5 Å². The van der Waals surface area contributed by atoms with Crippen molar-refractivity contribution in [1.82, 2.24) is 9.80 Å². The molecule has 2 aromatic rings. The highest BCUT2D eigenvalue weighted by Crippen LogP contribution is 2.23. The molecule has 28 heavy (non-hydrogen) atoms. The third kappa shape index (κ3) is 5.42. The quantitative estimate of drug-likeness (QED) is 0.679. The van der Waals surface area contributed by atoms with Crippen LogP contribution in [-0.4, -0.2) is 47.9 Å². The number of benzene rings is 1. The molecular weight excluding hydrogens is 372 g/mol. The summed E-state index contributed by atoms with van der Waals surface area (Å²) < 4.78 is 5.23. The van der Waals surface area contributed by atoms with Crippen molar-refractivity contribution in [3.05, 3.63) is 58.3 Å². The van der Waals surface area contributed by atoms with E-state index in [9.17, 15) is 9.59 Å². The number of rotatable bonds is 8. The summed E-state index contributed by atoms with van der Waals surface area (Å²) in [5.41, 5.74) is 1.05. The second-order valence-electron chi connectivity index (χ2n) is 7.10. The van der Waals surface area contributed by atoms with E-state index >= 15 is 0 Å². The zero-order valence-electron chi connectivity index (χ0n) is 16.4. The van der Waals surface area contributed by atoms with Crippen molar-refractivity contribution >= 4 is 23.2 Å². The summed E-state index contributed by atoms with van der Waals surface area (Å²) in [5.74, 6) is 0.0964. The van der Waals surface area contributed by atoms with Crippen LogP contribution in [0, 0.1) is 0 Å². The molecular formula is C22H28N2O3S. The lowest BCUT2D eigenvalue weighted by Gasteiger charge is -2.33. The van der Waals surface area contributed by atoms with Crippen LogP contribution < -0.4 is 0 Å². The monoisotopic (exact) mass is 400 g/mol. The Balaban J connectivity index is 1.81. The maximum atomic E-state index is 13.5. The van der Waals surface area contributed by atoms with Crippen LogP contribution in [0.5, 0.6) is 0 Å². The van der Waals surface area contributed by atoms with E-state index in [2.05, 4.69) is 0 Å². The Kier molecular flexibility index (Phi) is 7.62. The molecule has 1 unspecified atom stereocenters. The molecule has 1 atom stereocenters. The largest absolute Gasteiger partial charge is 0.383 e. The van der Waals surface area contributed by atoms with E-state index in [4.69, 9.17) is 4.74 Å². The second kappa shape index (κ2) is 10.4. The first kappa shape index (κ1) is 20.6. The lowest BCUT2D eigenvalue weighted by atomic mass is 10.1. The van der Waals surface area contributed by atoms with Crippen LogP contribution in [0.3, 0.4) is 0 Å². The van der Waals surface area contributed by atoms with E-state index in [1.165, 1.54) is 0 Å². The van der Waals surface area contributed by atoms with Gasteiger partial charge >= 0.3 is 0 Å². The molecule has 0 saturated carbocycles. The van der Waals surface area contributed by atoms with Crippen molar-refractivity contribution < 1.29 is 14.3 Å². The van der Waals surface area contributed by atoms with E-state index in [1.54, 1.807) is 23.3 Å². The molecule has 2 amide bonds. The van der Waals surface area contributed by atoms with Crippen molar-refractivity contribution in [2.24, 2.45) is 0 Å². The number of methoxy groups -OCH3 is 1. The summed E-state index contributed by atoms with van der Waals surface area (Å²) in [4.78, 5) is 31.1. The van der Waals surface area contributed by atoms with Crippen molar-refractivity contribution in [2.45, 2.75) is 44.8 Å². The molecule has 0 aliphatic carbocycles. The molecule has 5 nitrogen and oxygen atoms in total. The Hall–Kier alpha value is -2.18. The number of nitrogens with zero attached hydrogens (tertiary/aromatic N) is 2. The van der Waals surface area contributed by atoms with Gasteiger partial charge in [-0.25, -0.2) is 0 Å². The van der Waals surface area contributed by atoms with Crippen LogP contribution in [0.4, 0.5) is 0 Å². The topological polar surface area (TPSA) is 49.9 Å². The predicted octanol–water partition coefficient (Wildman–Crippen LogP) is 3.69. The van der Waals surface area contributed by atoms with Gasteiger partial charge in [0.25, 0.3) is 0 Å². The zero-order valence-corrected chi connectivity index (χ0v) is 17.2. The summed E-state index contributed by atoms with van der Waals surface area (Å²) in [5, 5.41) is 2.02. The number of amides is 2. The number of carbonyl (C=O) groups is 2.